The van der Waals surface area contributed by atoms with Crippen LogP contribution in [0.3, 0.4) is 0 Å². The van der Waals surface area contributed by atoms with Gasteiger partial charge in [0, 0.05) is 13.1 Å². The van der Waals surface area contributed by atoms with E-state index >= 15 is 0 Å². The summed E-state index contributed by atoms with van der Waals surface area (Å²) in [6, 6.07) is 0. The third kappa shape index (κ3) is 12.9. The predicted octanol–water partition coefficient (Wildman–Crippen LogP) is 2.58. The van der Waals surface area contributed by atoms with Crippen molar-refractivity contribution in [3.63, 3.8) is 0 Å². The summed E-state index contributed by atoms with van der Waals surface area (Å²) in [4.78, 5) is 10.3. The van der Waals surface area contributed by atoms with Gasteiger partial charge in [0.15, 0.2) is 0 Å². The van der Waals surface area contributed by atoms with E-state index in [4.69, 9.17) is 9.68 Å². The molecule has 0 saturated carbocycles. The Morgan fingerprint density at radius 2 is 1.56 bits per heavy atom. The molecule has 1 aliphatic heterocycles. The summed E-state index contributed by atoms with van der Waals surface area (Å²) in [5.74, 6) is 0. The molecule has 0 aromatic heterocycles. The first-order chi connectivity index (χ1) is 7.78. The van der Waals surface area contributed by atoms with Crippen molar-refractivity contribution in [3.05, 3.63) is 13.8 Å². The predicted molar refractivity (Wildman–Crippen MR) is 73.1 cm³/mol. The van der Waals surface area contributed by atoms with Crippen molar-refractivity contribution in [2.24, 2.45) is 0 Å². The van der Waals surface area contributed by atoms with Crippen molar-refractivity contribution in [2.45, 2.75) is 34.1 Å². The average Bonchev–Trinajstić information content (AvgIpc) is 2.80. The molecular weight excluding hydrogens is 267 g/mol. The van der Waals surface area contributed by atoms with Crippen LogP contribution in [0.1, 0.15) is 34.1 Å². The van der Waals surface area contributed by atoms with Gasteiger partial charge in [-0.3, -0.25) is 4.84 Å². The Hall–Kier alpha value is 0.424. The van der Waals surface area contributed by atoms with Crippen LogP contribution in [0.5, 0.6) is 0 Å². The molecule has 0 bridgehead atoms. The zero-order valence-corrected chi connectivity index (χ0v) is 12.6. The van der Waals surface area contributed by atoms with Gasteiger partial charge in [-0.2, -0.15) is 5.06 Å². The molecular formula is C13H30N2O2V. The van der Waals surface area contributed by atoms with E-state index in [-0.39, 0.29) is 26.0 Å². The first kappa shape index (κ1) is 23.5. The molecule has 0 N–H and O–H groups in total. The number of rotatable bonds is 6. The third-order valence-corrected chi connectivity index (χ3v) is 2.19. The Kier molecular flexibility index (Phi) is 22.8. The monoisotopic (exact) mass is 297 g/mol. The van der Waals surface area contributed by atoms with Crippen molar-refractivity contribution in [2.75, 3.05) is 39.4 Å². The fourth-order valence-corrected chi connectivity index (χ4v) is 1.42. The minimum atomic E-state index is 0. The Morgan fingerprint density at radius 3 is 1.83 bits per heavy atom. The van der Waals surface area contributed by atoms with E-state index in [1.54, 1.807) is 5.06 Å². The molecule has 1 fully saturated rings. The van der Waals surface area contributed by atoms with Crippen molar-refractivity contribution >= 4 is 0 Å². The molecule has 0 aromatic carbocycles. The summed E-state index contributed by atoms with van der Waals surface area (Å²) in [7, 11) is 0. The van der Waals surface area contributed by atoms with Crippen LogP contribution in [-0.2, 0) is 28.2 Å². The molecule has 1 saturated heterocycles. The van der Waals surface area contributed by atoms with Crippen molar-refractivity contribution in [3.8, 4) is 0 Å². The molecule has 4 nitrogen and oxygen atoms in total. The Labute approximate surface area is 126 Å². The molecule has 0 amide bonds. The maximum Gasteiger partial charge on any atom is 2.00 e. The van der Waals surface area contributed by atoms with E-state index < -0.39 is 0 Å². The fourth-order valence-electron chi connectivity index (χ4n) is 1.42. The van der Waals surface area contributed by atoms with Crippen LogP contribution in [0.4, 0.5) is 0 Å². The second-order valence-corrected chi connectivity index (χ2v) is 3.40. The molecule has 0 atom stereocenters. The van der Waals surface area contributed by atoms with Crippen molar-refractivity contribution < 1.29 is 28.2 Å². The van der Waals surface area contributed by atoms with Crippen molar-refractivity contribution in [1.82, 2.24) is 10.1 Å². The van der Waals surface area contributed by atoms with Crippen LogP contribution in [0.25, 0.3) is 0 Å². The van der Waals surface area contributed by atoms with Gasteiger partial charge in [0.1, 0.15) is 0 Å². The van der Waals surface area contributed by atoms with E-state index in [0.29, 0.717) is 19.7 Å². The summed E-state index contributed by atoms with van der Waals surface area (Å²) in [6.07, 6.45) is 2.61. The van der Waals surface area contributed by atoms with Gasteiger partial charge < -0.3 is 18.7 Å². The minimum absolute atomic E-state index is 0. The van der Waals surface area contributed by atoms with Crippen LogP contribution in [0.15, 0.2) is 0 Å². The van der Waals surface area contributed by atoms with E-state index in [2.05, 4.69) is 13.8 Å². The molecule has 1 rings (SSSR count). The number of nitrogens with zero attached hydrogens (tertiary/aromatic N) is 2. The number of hydrogen-bond donors (Lipinski definition) is 0. The van der Waals surface area contributed by atoms with Crippen LogP contribution in [0.2, 0.25) is 0 Å². The standard InChI is InChI=1S/2C6H13NO.CH4.V/c1-2-8-7-5-3-4-6-7;1-4-7(5-2)8-6-3;;/h2-6H2,1H3;1-2,4-6H2,3H3;1H4;/q;-2;;+2. The number of hydroxylamine groups is 4. The van der Waals surface area contributed by atoms with E-state index in [9.17, 15) is 0 Å². The summed E-state index contributed by atoms with van der Waals surface area (Å²) in [5.41, 5.74) is 0. The zero-order chi connectivity index (χ0) is 12.2. The normalized spacial score (nSPS) is 14.5. The van der Waals surface area contributed by atoms with Gasteiger partial charge in [0.2, 0.25) is 0 Å². The SMILES string of the molecule is C.CCON1CCCC1.[CH2-]CN(C[CH2-])OCC.[V+2]. The Bertz CT molecular complexity index is 137. The smallest absolute Gasteiger partial charge is 0.327 e. The van der Waals surface area contributed by atoms with Crippen LogP contribution in [0, 0.1) is 13.8 Å². The second kappa shape index (κ2) is 17.4. The van der Waals surface area contributed by atoms with Gasteiger partial charge in [-0.05, 0) is 26.7 Å². The van der Waals surface area contributed by atoms with Gasteiger partial charge in [-0.25, -0.2) is 5.06 Å². The maximum absolute atomic E-state index is 5.24. The molecule has 18 heavy (non-hydrogen) atoms. The first-order valence-electron chi connectivity index (χ1n) is 6.12. The molecule has 1 aliphatic rings. The number of hydrogen-bond acceptors (Lipinski definition) is 4. The summed E-state index contributed by atoms with van der Waals surface area (Å²) in [6.45, 7) is 16.4. The van der Waals surface area contributed by atoms with Crippen LogP contribution >= 0.6 is 0 Å². The fraction of sp³-hybridized carbons (Fsp3) is 0.846. The quantitative estimate of drug-likeness (QED) is 0.556. The van der Waals surface area contributed by atoms with E-state index in [0.717, 1.165) is 19.7 Å². The van der Waals surface area contributed by atoms with Gasteiger partial charge in [-0.15, -0.1) is 13.1 Å². The van der Waals surface area contributed by atoms with Crippen LogP contribution in [-0.4, -0.2) is 49.5 Å². The minimum Gasteiger partial charge on any atom is -0.327 e. The molecule has 109 valence electrons. The van der Waals surface area contributed by atoms with Crippen LogP contribution < -0.4 is 0 Å². The summed E-state index contributed by atoms with van der Waals surface area (Å²) < 4.78 is 0. The van der Waals surface area contributed by atoms with Gasteiger partial charge in [-0.1, -0.05) is 7.43 Å². The topological polar surface area (TPSA) is 24.9 Å². The molecule has 1 heterocycles. The molecule has 0 aromatic rings. The molecule has 0 aliphatic carbocycles. The second-order valence-electron chi connectivity index (χ2n) is 3.40. The summed E-state index contributed by atoms with van der Waals surface area (Å²) in [5, 5.41) is 3.75. The van der Waals surface area contributed by atoms with E-state index in [1.807, 2.05) is 18.9 Å². The third-order valence-electron chi connectivity index (χ3n) is 2.19. The van der Waals surface area contributed by atoms with Gasteiger partial charge in [0.05, 0.1) is 13.2 Å². The molecule has 1 radical (unpaired) electrons. The molecule has 0 spiro atoms. The Balaban J connectivity index is -0.000000225. The maximum atomic E-state index is 5.24. The first-order valence-corrected chi connectivity index (χ1v) is 6.12. The molecule has 5 heteroatoms. The van der Waals surface area contributed by atoms with Gasteiger partial charge in [0.25, 0.3) is 0 Å². The summed E-state index contributed by atoms with van der Waals surface area (Å²) >= 11 is 0. The molecule has 0 unspecified atom stereocenters. The van der Waals surface area contributed by atoms with Crippen molar-refractivity contribution in [1.29, 1.82) is 0 Å². The van der Waals surface area contributed by atoms with E-state index in [1.165, 1.54) is 12.8 Å². The van der Waals surface area contributed by atoms with Gasteiger partial charge >= 0.3 is 18.6 Å². The average molecular weight is 297 g/mol. The zero-order valence-electron chi connectivity index (χ0n) is 11.2. The Morgan fingerprint density at radius 1 is 1.06 bits per heavy atom. The largest absolute Gasteiger partial charge is 2.00 e.